The molecule has 1 saturated heterocycles. The van der Waals surface area contributed by atoms with Gasteiger partial charge in [-0.3, -0.25) is 4.98 Å². The molecule has 0 aromatic carbocycles. The number of hydrogen-bond donors (Lipinski definition) is 1. The number of piperazine rings is 1. The van der Waals surface area contributed by atoms with Gasteiger partial charge in [-0.1, -0.05) is 13.8 Å². The second-order valence-electron chi connectivity index (χ2n) is 5.61. The Morgan fingerprint density at radius 2 is 1.95 bits per heavy atom. The van der Waals surface area contributed by atoms with Gasteiger partial charge in [-0.15, -0.1) is 0 Å². The van der Waals surface area contributed by atoms with Gasteiger partial charge in [-0.05, 0) is 34.5 Å². The van der Waals surface area contributed by atoms with Crippen molar-refractivity contribution in [3.63, 3.8) is 0 Å². The molecule has 1 N–H and O–H groups in total. The number of anilines is 1. The number of nitrogens with zero attached hydrogens (tertiary/aromatic N) is 3. The highest BCUT2D eigenvalue weighted by molar-refractivity contribution is 9.10. The number of pyridine rings is 1. The van der Waals surface area contributed by atoms with Gasteiger partial charge in [0.25, 0.3) is 0 Å². The average Bonchev–Trinajstić information content (AvgIpc) is 2.46. The lowest BCUT2D eigenvalue weighted by Crippen LogP contribution is -2.47. The van der Waals surface area contributed by atoms with Crippen LogP contribution >= 0.6 is 15.9 Å². The first-order valence-corrected chi connectivity index (χ1v) is 8.25. The predicted molar refractivity (Wildman–Crippen MR) is 88.1 cm³/mol. The number of rotatable bonds is 6. The van der Waals surface area contributed by atoms with Crippen molar-refractivity contribution in [1.82, 2.24) is 14.8 Å². The highest BCUT2D eigenvalue weighted by atomic mass is 79.9. The molecule has 0 spiro atoms. The number of aromatic nitrogens is 1. The Morgan fingerprint density at radius 3 is 2.60 bits per heavy atom. The Balaban J connectivity index is 1.69. The van der Waals surface area contributed by atoms with E-state index in [9.17, 15) is 0 Å². The maximum absolute atomic E-state index is 4.17. The van der Waals surface area contributed by atoms with Crippen LogP contribution < -0.4 is 5.32 Å². The zero-order valence-corrected chi connectivity index (χ0v) is 14.1. The molecule has 1 fully saturated rings. The minimum Gasteiger partial charge on any atom is -0.383 e. The molecule has 1 aromatic rings. The van der Waals surface area contributed by atoms with Crippen LogP contribution in [-0.2, 0) is 0 Å². The molecule has 0 amide bonds. The number of hydrogen-bond acceptors (Lipinski definition) is 4. The van der Waals surface area contributed by atoms with E-state index >= 15 is 0 Å². The van der Waals surface area contributed by atoms with E-state index < -0.39 is 0 Å². The molecule has 1 aliphatic rings. The largest absolute Gasteiger partial charge is 0.383 e. The van der Waals surface area contributed by atoms with Gasteiger partial charge in [0.2, 0.25) is 0 Å². The van der Waals surface area contributed by atoms with Gasteiger partial charge in [0.15, 0.2) is 0 Å². The van der Waals surface area contributed by atoms with Crippen LogP contribution in [0, 0.1) is 5.92 Å². The lowest BCUT2D eigenvalue weighted by molar-refractivity contribution is 0.126. The van der Waals surface area contributed by atoms with Crippen molar-refractivity contribution in [3.05, 3.63) is 22.9 Å². The molecular weight excluding hydrogens is 316 g/mol. The van der Waals surface area contributed by atoms with Gasteiger partial charge in [0.05, 0.1) is 11.9 Å². The lowest BCUT2D eigenvalue weighted by atomic mass is 10.1. The molecule has 20 heavy (non-hydrogen) atoms. The predicted octanol–water partition coefficient (Wildman–Crippen LogP) is 2.53. The minimum atomic E-state index is 0.641. The molecule has 1 unspecified atom stereocenters. The van der Waals surface area contributed by atoms with Gasteiger partial charge >= 0.3 is 0 Å². The summed E-state index contributed by atoms with van der Waals surface area (Å²) in [5.41, 5.74) is 1.09. The Bertz CT molecular complexity index is 405. The first-order valence-electron chi connectivity index (χ1n) is 7.46. The van der Waals surface area contributed by atoms with Crippen molar-refractivity contribution >= 4 is 21.6 Å². The summed E-state index contributed by atoms with van der Waals surface area (Å²) >= 11 is 3.45. The van der Waals surface area contributed by atoms with E-state index in [1.54, 1.807) is 0 Å². The maximum atomic E-state index is 4.17. The van der Waals surface area contributed by atoms with Gasteiger partial charge in [0, 0.05) is 49.9 Å². The van der Waals surface area contributed by atoms with Crippen LogP contribution in [0.1, 0.15) is 13.8 Å². The van der Waals surface area contributed by atoms with E-state index in [0.717, 1.165) is 16.7 Å². The SMILES string of the molecule is CCN1CCN(CC(C)CNc2cncc(Br)c2)CC1. The van der Waals surface area contributed by atoms with Gasteiger partial charge < -0.3 is 15.1 Å². The van der Waals surface area contributed by atoms with Gasteiger partial charge in [-0.2, -0.15) is 0 Å². The third-order valence-electron chi connectivity index (χ3n) is 3.84. The molecule has 0 aliphatic carbocycles. The molecule has 5 heteroatoms. The van der Waals surface area contributed by atoms with E-state index in [2.05, 4.69) is 55.9 Å². The standard InChI is InChI=1S/C15H25BrN4/c1-3-19-4-6-20(7-5-19)12-13(2)9-18-15-8-14(16)10-17-11-15/h8,10-11,13,18H,3-7,9,12H2,1-2H3. The zero-order valence-electron chi connectivity index (χ0n) is 12.5. The van der Waals surface area contributed by atoms with Crippen LogP contribution in [0.4, 0.5) is 5.69 Å². The van der Waals surface area contributed by atoms with E-state index in [0.29, 0.717) is 5.92 Å². The van der Waals surface area contributed by atoms with E-state index in [1.807, 2.05) is 12.4 Å². The number of likely N-dealkylation sites (N-methyl/N-ethyl adjacent to an activating group) is 1. The normalized spacial score (nSPS) is 18.9. The molecule has 0 radical (unpaired) electrons. The smallest absolute Gasteiger partial charge is 0.0538 e. The van der Waals surface area contributed by atoms with Crippen molar-refractivity contribution in [2.24, 2.45) is 5.92 Å². The summed E-state index contributed by atoms with van der Waals surface area (Å²) < 4.78 is 1.02. The topological polar surface area (TPSA) is 31.4 Å². The monoisotopic (exact) mass is 340 g/mol. The summed E-state index contributed by atoms with van der Waals surface area (Å²) in [6, 6.07) is 2.07. The second-order valence-corrected chi connectivity index (χ2v) is 6.53. The highest BCUT2D eigenvalue weighted by Gasteiger charge is 2.17. The van der Waals surface area contributed by atoms with Crippen molar-refractivity contribution in [1.29, 1.82) is 0 Å². The van der Waals surface area contributed by atoms with Gasteiger partial charge in [-0.25, -0.2) is 0 Å². The first kappa shape index (κ1) is 15.7. The molecule has 112 valence electrons. The fraction of sp³-hybridized carbons (Fsp3) is 0.667. The van der Waals surface area contributed by atoms with Crippen LogP contribution in [-0.4, -0.2) is 60.6 Å². The second kappa shape index (κ2) is 7.96. The number of halogens is 1. The fourth-order valence-corrected chi connectivity index (χ4v) is 2.96. The molecule has 1 atom stereocenters. The summed E-state index contributed by atoms with van der Waals surface area (Å²) in [5.74, 6) is 0.641. The number of nitrogens with one attached hydrogen (secondary N) is 1. The van der Waals surface area contributed by atoms with Crippen molar-refractivity contribution in [3.8, 4) is 0 Å². The van der Waals surface area contributed by atoms with Crippen LogP contribution in [0.5, 0.6) is 0 Å². The Kier molecular flexibility index (Phi) is 6.26. The molecule has 2 rings (SSSR count). The highest BCUT2D eigenvalue weighted by Crippen LogP contribution is 2.14. The molecule has 0 saturated carbocycles. The zero-order chi connectivity index (χ0) is 14.4. The molecular formula is C15H25BrN4. The molecule has 1 aromatic heterocycles. The summed E-state index contributed by atoms with van der Waals surface area (Å²) in [6.07, 6.45) is 3.68. The molecule has 2 heterocycles. The molecule has 1 aliphatic heterocycles. The van der Waals surface area contributed by atoms with Crippen molar-refractivity contribution in [2.45, 2.75) is 13.8 Å². The third-order valence-corrected chi connectivity index (χ3v) is 4.28. The van der Waals surface area contributed by atoms with Crippen LogP contribution in [0.25, 0.3) is 0 Å². The third kappa shape index (κ3) is 5.04. The van der Waals surface area contributed by atoms with Crippen molar-refractivity contribution in [2.75, 3.05) is 51.1 Å². The Morgan fingerprint density at radius 1 is 1.25 bits per heavy atom. The van der Waals surface area contributed by atoms with Crippen LogP contribution in [0.15, 0.2) is 22.9 Å². The van der Waals surface area contributed by atoms with E-state index in [1.165, 1.54) is 39.3 Å². The minimum absolute atomic E-state index is 0.641. The molecule has 0 bridgehead atoms. The van der Waals surface area contributed by atoms with Crippen molar-refractivity contribution < 1.29 is 0 Å². The summed E-state index contributed by atoms with van der Waals surface area (Å²) in [4.78, 5) is 9.27. The molecule has 4 nitrogen and oxygen atoms in total. The van der Waals surface area contributed by atoms with Gasteiger partial charge in [0.1, 0.15) is 0 Å². The van der Waals surface area contributed by atoms with Crippen LogP contribution in [0.3, 0.4) is 0 Å². The van der Waals surface area contributed by atoms with E-state index in [4.69, 9.17) is 0 Å². The average molecular weight is 341 g/mol. The Hall–Kier alpha value is -0.650. The summed E-state index contributed by atoms with van der Waals surface area (Å²) in [6.45, 7) is 12.7. The Labute approximate surface area is 130 Å². The van der Waals surface area contributed by atoms with Crippen LogP contribution in [0.2, 0.25) is 0 Å². The maximum Gasteiger partial charge on any atom is 0.0538 e. The van der Waals surface area contributed by atoms with E-state index in [-0.39, 0.29) is 0 Å². The lowest BCUT2D eigenvalue weighted by Gasteiger charge is -2.35. The quantitative estimate of drug-likeness (QED) is 0.862. The first-order chi connectivity index (χ1) is 9.67. The fourth-order valence-electron chi connectivity index (χ4n) is 2.59. The summed E-state index contributed by atoms with van der Waals surface area (Å²) in [7, 11) is 0. The summed E-state index contributed by atoms with van der Waals surface area (Å²) in [5, 5.41) is 3.47.